The predicted molar refractivity (Wildman–Crippen MR) is 63.9 cm³/mol. The van der Waals surface area contributed by atoms with Crippen LogP contribution in [0.3, 0.4) is 0 Å². The molecule has 4 heteroatoms. The largest absolute Gasteiger partial charge is 0.506 e. The van der Waals surface area contributed by atoms with Crippen molar-refractivity contribution in [3.05, 3.63) is 18.2 Å². The summed E-state index contributed by atoms with van der Waals surface area (Å²) >= 11 is 0. The molecular formula is C12H16N2O2. The number of rotatable bonds is 2. The van der Waals surface area contributed by atoms with Gasteiger partial charge in [0, 0.05) is 25.7 Å². The molecule has 4 nitrogen and oxygen atoms in total. The molecule has 1 aromatic carbocycles. The van der Waals surface area contributed by atoms with Crippen molar-refractivity contribution >= 4 is 17.3 Å². The van der Waals surface area contributed by atoms with Crippen LogP contribution in [0.2, 0.25) is 0 Å². The predicted octanol–water partition coefficient (Wildman–Crippen LogP) is 1.95. The molecule has 1 amide bonds. The Bertz CT molecular complexity index is 398. The Labute approximate surface area is 94.9 Å². The number of amides is 1. The van der Waals surface area contributed by atoms with E-state index in [-0.39, 0.29) is 11.7 Å². The van der Waals surface area contributed by atoms with Gasteiger partial charge in [0.05, 0.1) is 5.69 Å². The fraction of sp³-hybridized carbons (Fsp3) is 0.417. The Balaban J connectivity index is 2.23. The molecule has 0 saturated carbocycles. The van der Waals surface area contributed by atoms with Crippen LogP contribution in [0.5, 0.6) is 5.75 Å². The number of phenolic OH excluding ortho intramolecular Hbond substituents is 1. The number of carbonyl (C=O) groups is 1. The molecule has 1 aliphatic heterocycles. The van der Waals surface area contributed by atoms with Crippen molar-refractivity contribution < 1.29 is 9.90 Å². The molecule has 2 N–H and O–H groups in total. The second-order valence-corrected chi connectivity index (χ2v) is 4.08. The van der Waals surface area contributed by atoms with E-state index in [0.717, 1.165) is 18.8 Å². The summed E-state index contributed by atoms with van der Waals surface area (Å²) in [5.41, 5.74) is 1.54. The fourth-order valence-corrected chi connectivity index (χ4v) is 1.99. The molecular weight excluding hydrogens is 204 g/mol. The zero-order valence-electron chi connectivity index (χ0n) is 9.36. The fourth-order valence-electron chi connectivity index (χ4n) is 1.99. The van der Waals surface area contributed by atoms with Gasteiger partial charge in [0.2, 0.25) is 5.91 Å². The number of carbonyl (C=O) groups excluding carboxylic acids is 1. The zero-order chi connectivity index (χ0) is 11.5. The van der Waals surface area contributed by atoms with E-state index in [1.165, 1.54) is 19.8 Å². The molecule has 1 saturated heterocycles. The Hall–Kier alpha value is -1.71. The van der Waals surface area contributed by atoms with E-state index in [9.17, 15) is 9.90 Å². The Kier molecular flexibility index (Phi) is 2.99. The Morgan fingerprint density at radius 2 is 2.06 bits per heavy atom. The maximum absolute atomic E-state index is 11.0. The first-order valence-electron chi connectivity index (χ1n) is 5.52. The summed E-state index contributed by atoms with van der Waals surface area (Å²) in [6.45, 7) is 3.52. The number of hydrogen-bond acceptors (Lipinski definition) is 3. The van der Waals surface area contributed by atoms with Crippen molar-refractivity contribution in [1.82, 2.24) is 0 Å². The lowest BCUT2D eigenvalue weighted by Gasteiger charge is -2.18. The normalized spacial score (nSPS) is 15.2. The van der Waals surface area contributed by atoms with Gasteiger partial charge >= 0.3 is 0 Å². The second-order valence-electron chi connectivity index (χ2n) is 4.08. The molecule has 1 aromatic rings. The van der Waals surface area contributed by atoms with Gasteiger partial charge in [0.15, 0.2) is 0 Å². The molecule has 16 heavy (non-hydrogen) atoms. The van der Waals surface area contributed by atoms with Gasteiger partial charge in [-0.05, 0) is 31.0 Å². The lowest BCUT2D eigenvalue weighted by molar-refractivity contribution is -0.114. The summed E-state index contributed by atoms with van der Waals surface area (Å²) in [6, 6.07) is 5.33. The molecule has 0 spiro atoms. The third-order valence-corrected chi connectivity index (χ3v) is 2.76. The number of hydrogen-bond donors (Lipinski definition) is 2. The number of nitrogens with one attached hydrogen (secondary N) is 1. The molecule has 2 rings (SSSR count). The summed E-state index contributed by atoms with van der Waals surface area (Å²) < 4.78 is 0. The van der Waals surface area contributed by atoms with Gasteiger partial charge in [0.25, 0.3) is 0 Å². The topological polar surface area (TPSA) is 52.6 Å². The summed E-state index contributed by atoms with van der Waals surface area (Å²) in [5.74, 6) is -0.0629. The van der Waals surface area contributed by atoms with Crippen molar-refractivity contribution in [1.29, 1.82) is 0 Å². The molecule has 0 aromatic heterocycles. The lowest BCUT2D eigenvalue weighted by atomic mass is 10.2. The quantitative estimate of drug-likeness (QED) is 0.749. The average Bonchev–Trinajstić information content (AvgIpc) is 2.73. The maximum atomic E-state index is 11.0. The summed E-state index contributed by atoms with van der Waals surface area (Å²) in [7, 11) is 0. The third kappa shape index (κ3) is 2.27. The van der Waals surface area contributed by atoms with E-state index < -0.39 is 0 Å². The van der Waals surface area contributed by atoms with Gasteiger partial charge in [-0.2, -0.15) is 0 Å². The summed E-state index contributed by atoms with van der Waals surface area (Å²) in [4.78, 5) is 13.2. The van der Waals surface area contributed by atoms with Crippen molar-refractivity contribution in [2.75, 3.05) is 23.3 Å². The third-order valence-electron chi connectivity index (χ3n) is 2.76. The molecule has 0 atom stereocenters. The van der Waals surface area contributed by atoms with E-state index in [1.807, 2.05) is 12.1 Å². The van der Waals surface area contributed by atoms with Crippen LogP contribution in [0.25, 0.3) is 0 Å². The maximum Gasteiger partial charge on any atom is 0.221 e. The van der Waals surface area contributed by atoms with Crippen molar-refractivity contribution in [2.24, 2.45) is 0 Å². The molecule has 0 unspecified atom stereocenters. The first-order chi connectivity index (χ1) is 7.66. The summed E-state index contributed by atoms with van der Waals surface area (Å²) in [5, 5.41) is 12.2. The molecule has 0 aliphatic carbocycles. The van der Waals surface area contributed by atoms with Gasteiger partial charge in [-0.1, -0.05) is 0 Å². The summed E-state index contributed by atoms with van der Waals surface area (Å²) in [6.07, 6.45) is 2.41. The Morgan fingerprint density at radius 1 is 1.38 bits per heavy atom. The first kappa shape index (κ1) is 10.8. The zero-order valence-corrected chi connectivity index (χ0v) is 9.36. The van der Waals surface area contributed by atoms with Gasteiger partial charge in [-0.25, -0.2) is 0 Å². The van der Waals surface area contributed by atoms with Gasteiger partial charge in [-0.15, -0.1) is 0 Å². The van der Waals surface area contributed by atoms with Crippen LogP contribution >= 0.6 is 0 Å². The molecule has 1 aliphatic rings. The van der Waals surface area contributed by atoms with Gasteiger partial charge < -0.3 is 15.3 Å². The number of anilines is 2. The van der Waals surface area contributed by atoms with Gasteiger partial charge in [0.1, 0.15) is 5.75 Å². The molecule has 0 bridgehead atoms. The standard InChI is InChI=1S/C12H16N2O2/c1-9(15)13-11-8-10(4-5-12(11)16)14-6-2-3-7-14/h4-5,8,16H,2-3,6-7H2,1H3,(H,13,15). The van der Waals surface area contributed by atoms with Crippen LogP contribution in [-0.2, 0) is 4.79 Å². The first-order valence-corrected chi connectivity index (χ1v) is 5.52. The minimum absolute atomic E-state index is 0.109. The van der Waals surface area contributed by atoms with Crippen molar-refractivity contribution in [2.45, 2.75) is 19.8 Å². The molecule has 1 heterocycles. The van der Waals surface area contributed by atoms with Crippen molar-refractivity contribution in [3.8, 4) is 5.75 Å². The molecule has 1 fully saturated rings. The van der Waals surface area contributed by atoms with E-state index in [1.54, 1.807) is 6.07 Å². The number of phenols is 1. The van der Waals surface area contributed by atoms with Crippen LogP contribution in [0.4, 0.5) is 11.4 Å². The lowest BCUT2D eigenvalue weighted by Crippen LogP contribution is -2.17. The van der Waals surface area contributed by atoms with E-state index in [0.29, 0.717) is 5.69 Å². The van der Waals surface area contributed by atoms with Crippen LogP contribution in [-0.4, -0.2) is 24.1 Å². The minimum Gasteiger partial charge on any atom is -0.506 e. The van der Waals surface area contributed by atoms with E-state index >= 15 is 0 Å². The average molecular weight is 220 g/mol. The molecule has 0 radical (unpaired) electrons. The van der Waals surface area contributed by atoms with Crippen molar-refractivity contribution in [3.63, 3.8) is 0 Å². The highest BCUT2D eigenvalue weighted by atomic mass is 16.3. The highest BCUT2D eigenvalue weighted by molar-refractivity contribution is 5.91. The Morgan fingerprint density at radius 3 is 2.69 bits per heavy atom. The monoisotopic (exact) mass is 220 g/mol. The van der Waals surface area contributed by atoms with Gasteiger partial charge in [-0.3, -0.25) is 4.79 Å². The highest BCUT2D eigenvalue weighted by Crippen LogP contribution is 2.30. The van der Waals surface area contributed by atoms with E-state index in [4.69, 9.17) is 0 Å². The second kappa shape index (κ2) is 4.43. The number of benzene rings is 1. The van der Waals surface area contributed by atoms with Crippen LogP contribution in [0.1, 0.15) is 19.8 Å². The smallest absolute Gasteiger partial charge is 0.221 e. The van der Waals surface area contributed by atoms with Crippen LogP contribution in [0.15, 0.2) is 18.2 Å². The number of nitrogens with zero attached hydrogens (tertiary/aromatic N) is 1. The van der Waals surface area contributed by atoms with Crippen LogP contribution < -0.4 is 10.2 Å². The van der Waals surface area contributed by atoms with E-state index in [2.05, 4.69) is 10.2 Å². The SMILES string of the molecule is CC(=O)Nc1cc(N2CCCC2)ccc1O. The minimum atomic E-state index is -0.172. The number of aromatic hydroxyl groups is 1. The highest BCUT2D eigenvalue weighted by Gasteiger charge is 2.14. The van der Waals surface area contributed by atoms with Crippen LogP contribution in [0, 0.1) is 0 Å². The molecule has 86 valence electrons.